The maximum absolute atomic E-state index is 13.1. The zero-order valence-corrected chi connectivity index (χ0v) is 15.3. The van der Waals surface area contributed by atoms with E-state index in [2.05, 4.69) is 15.0 Å². The molecular weight excluding hydrogens is 340 g/mol. The number of aromatic nitrogens is 3. The summed E-state index contributed by atoms with van der Waals surface area (Å²) in [6.45, 7) is 4.83. The van der Waals surface area contributed by atoms with Crippen molar-refractivity contribution in [1.29, 1.82) is 0 Å². The van der Waals surface area contributed by atoms with Crippen LogP contribution in [0.5, 0.6) is 5.75 Å². The van der Waals surface area contributed by atoms with E-state index in [1.807, 2.05) is 43.0 Å². The van der Waals surface area contributed by atoms with Crippen LogP contribution < -0.4 is 4.74 Å². The zero-order valence-electron chi connectivity index (χ0n) is 15.3. The summed E-state index contributed by atoms with van der Waals surface area (Å²) in [6.07, 6.45) is 6.73. The zero-order chi connectivity index (χ0) is 18.8. The van der Waals surface area contributed by atoms with E-state index in [-0.39, 0.29) is 11.9 Å². The van der Waals surface area contributed by atoms with Crippen molar-refractivity contribution in [3.8, 4) is 16.9 Å². The molecule has 1 amide bonds. The lowest BCUT2D eigenvalue weighted by atomic mass is 10.0. The lowest BCUT2D eigenvalue weighted by molar-refractivity contribution is 0.0645. The second-order valence-electron chi connectivity index (χ2n) is 6.73. The molecule has 27 heavy (non-hydrogen) atoms. The maximum atomic E-state index is 13.1. The van der Waals surface area contributed by atoms with E-state index in [0.717, 1.165) is 28.1 Å². The van der Waals surface area contributed by atoms with Crippen molar-refractivity contribution >= 4 is 5.91 Å². The molecule has 0 radical (unpaired) electrons. The topological polar surface area (TPSA) is 68.2 Å². The number of hydrogen-bond donors (Lipinski definition) is 0. The fraction of sp³-hybridized carbons (Fsp3) is 0.238. The first-order valence-electron chi connectivity index (χ1n) is 8.86. The van der Waals surface area contributed by atoms with Crippen LogP contribution in [0.3, 0.4) is 0 Å². The average molecular weight is 360 g/mol. The summed E-state index contributed by atoms with van der Waals surface area (Å²) in [6, 6.07) is 9.53. The Morgan fingerprint density at radius 2 is 1.96 bits per heavy atom. The van der Waals surface area contributed by atoms with Gasteiger partial charge in [0.1, 0.15) is 18.7 Å². The Morgan fingerprint density at radius 1 is 1.15 bits per heavy atom. The Balaban J connectivity index is 1.68. The van der Waals surface area contributed by atoms with Crippen LogP contribution in [0.4, 0.5) is 0 Å². The van der Waals surface area contributed by atoms with Gasteiger partial charge in [-0.2, -0.15) is 0 Å². The number of aryl methyl sites for hydroxylation is 1. The number of nitrogens with zero attached hydrogens (tertiary/aromatic N) is 4. The molecule has 6 nitrogen and oxygen atoms in total. The summed E-state index contributed by atoms with van der Waals surface area (Å²) in [7, 11) is 0. The van der Waals surface area contributed by atoms with E-state index in [1.165, 1.54) is 6.33 Å². The number of amides is 1. The minimum absolute atomic E-state index is 0.0158. The van der Waals surface area contributed by atoms with E-state index in [9.17, 15) is 4.79 Å². The summed E-state index contributed by atoms with van der Waals surface area (Å²) >= 11 is 0. The number of carbonyl (C=O) groups is 1. The molecule has 0 bridgehead atoms. The van der Waals surface area contributed by atoms with E-state index in [1.54, 1.807) is 24.7 Å². The molecule has 0 N–H and O–H groups in total. The smallest absolute Gasteiger partial charge is 0.254 e. The molecule has 0 saturated carbocycles. The van der Waals surface area contributed by atoms with Crippen LogP contribution in [0, 0.1) is 6.92 Å². The van der Waals surface area contributed by atoms with Gasteiger partial charge in [0.25, 0.3) is 5.91 Å². The molecule has 1 aliphatic heterocycles. The molecule has 0 aliphatic carbocycles. The number of ether oxygens (including phenoxy) is 1. The first-order chi connectivity index (χ1) is 13.1. The van der Waals surface area contributed by atoms with Gasteiger partial charge in [-0.05, 0) is 43.7 Å². The largest absolute Gasteiger partial charge is 0.491 e. The molecule has 3 heterocycles. The third-order valence-electron chi connectivity index (χ3n) is 4.71. The van der Waals surface area contributed by atoms with Crippen molar-refractivity contribution in [2.24, 2.45) is 0 Å². The number of benzene rings is 1. The predicted octanol–water partition coefficient (Wildman–Crippen LogP) is 3.27. The molecule has 2 aromatic heterocycles. The molecule has 6 heteroatoms. The van der Waals surface area contributed by atoms with Crippen molar-refractivity contribution in [2.75, 3.05) is 6.61 Å². The van der Waals surface area contributed by atoms with Crippen LogP contribution in [0.2, 0.25) is 0 Å². The molecule has 3 aromatic rings. The first-order valence-corrected chi connectivity index (χ1v) is 8.86. The number of pyridine rings is 1. The molecule has 0 unspecified atom stereocenters. The minimum Gasteiger partial charge on any atom is -0.491 e. The standard InChI is InChI=1S/C21H20N4O2/c1-14-7-17(5-6-24-14)21(26)25-11-18-8-16(19-9-22-13-23-10-19)3-4-20(18)27-12-15(25)2/h3-10,13,15H,11-12H2,1-2H3/t15-/m1/s1. The maximum Gasteiger partial charge on any atom is 0.254 e. The van der Waals surface area contributed by atoms with Gasteiger partial charge in [0.15, 0.2) is 0 Å². The first kappa shape index (κ1) is 17.1. The van der Waals surface area contributed by atoms with E-state index >= 15 is 0 Å². The Kier molecular flexibility index (Phi) is 4.54. The monoisotopic (exact) mass is 360 g/mol. The average Bonchev–Trinajstić information content (AvgIpc) is 2.86. The predicted molar refractivity (Wildman–Crippen MR) is 101 cm³/mol. The number of carbonyl (C=O) groups excluding carboxylic acids is 1. The minimum atomic E-state index is -0.0399. The molecule has 1 atom stereocenters. The second-order valence-corrected chi connectivity index (χ2v) is 6.73. The molecule has 1 aliphatic rings. The molecule has 0 spiro atoms. The van der Waals surface area contributed by atoms with Gasteiger partial charge in [-0.15, -0.1) is 0 Å². The summed E-state index contributed by atoms with van der Waals surface area (Å²) < 4.78 is 5.95. The summed E-state index contributed by atoms with van der Waals surface area (Å²) in [5.74, 6) is 0.793. The van der Waals surface area contributed by atoms with Crippen molar-refractivity contribution in [2.45, 2.75) is 26.4 Å². The van der Waals surface area contributed by atoms with Crippen LogP contribution in [-0.4, -0.2) is 38.4 Å². The molecule has 136 valence electrons. The van der Waals surface area contributed by atoms with Crippen molar-refractivity contribution in [1.82, 2.24) is 19.9 Å². The quantitative estimate of drug-likeness (QED) is 0.702. The van der Waals surface area contributed by atoms with Gasteiger partial charge in [-0.1, -0.05) is 6.07 Å². The summed E-state index contributed by atoms with van der Waals surface area (Å²) in [5.41, 5.74) is 4.37. The highest BCUT2D eigenvalue weighted by Gasteiger charge is 2.27. The fourth-order valence-corrected chi connectivity index (χ4v) is 3.23. The molecular formula is C21H20N4O2. The molecule has 4 rings (SSSR count). The number of fused-ring (bicyclic) bond motifs is 1. The summed E-state index contributed by atoms with van der Waals surface area (Å²) in [5, 5.41) is 0. The number of hydrogen-bond acceptors (Lipinski definition) is 5. The fourth-order valence-electron chi connectivity index (χ4n) is 3.23. The van der Waals surface area contributed by atoms with Gasteiger partial charge in [0.05, 0.1) is 12.6 Å². The molecule has 0 saturated heterocycles. The van der Waals surface area contributed by atoms with Gasteiger partial charge in [-0.25, -0.2) is 9.97 Å². The third kappa shape index (κ3) is 3.51. The van der Waals surface area contributed by atoms with Gasteiger partial charge in [0.2, 0.25) is 0 Å². The van der Waals surface area contributed by atoms with E-state index in [4.69, 9.17) is 4.74 Å². The van der Waals surface area contributed by atoms with Crippen LogP contribution in [0.1, 0.15) is 28.5 Å². The van der Waals surface area contributed by atoms with Gasteiger partial charge < -0.3 is 9.64 Å². The van der Waals surface area contributed by atoms with Gasteiger partial charge in [0, 0.05) is 41.0 Å². The lowest BCUT2D eigenvalue weighted by Crippen LogP contribution is -2.39. The normalized spacial score (nSPS) is 16.2. The highest BCUT2D eigenvalue weighted by Crippen LogP contribution is 2.30. The second kappa shape index (κ2) is 7.15. The van der Waals surface area contributed by atoms with Crippen LogP contribution in [-0.2, 0) is 6.54 Å². The van der Waals surface area contributed by atoms with Crippen LogP contribution in [0.15, 0.2) is 55.2 Å². The SMILES string of the molecule is Cc1cc(C(=O)N2Cc3cc(-c4cncnc4)ccc3OC[C@H]2C)ccn1. The van der Waals surface area contributed by atoms with Crippen molar-refractivity contribution in [3.05, 3.63) is 72.1 Å². The van der Waals surface area contributed by atoms with Crippen molar-refractivity contribution in [3.63, 3.8) is 0 Å². The lowest BCUT2D eigenvalue weighted by Gasteiger charge is -2.26. The molecule has 1 aromatic carbocycles. The Labute approximate surface area is 157 Å². The Hall–Kier alpha value is -3.28. The van der Waals surface area contributed by atoms with E-state index in [0.29, 0.717) is 18.7 Å². The highest BCUT2D eigenvalue weighted by atomic mass is 16.5. The van der Waals surface area contributed by atoms with Gasteiger partial charge in [-0.3, -0.25) is 9.78 Å². The van der Waals surface area contributed by atoms with Crippen LogP contribution in [0.25, 0.3) is 11.1 Å². The highest BCUT2D eigenvalue weighted by molar-refractivity contribution is 5.94. The number of rotatable bonds is 2. The van der Waals surface area contributed by atoms with Gasteiger partial charge >= 0.3 is 0 Å². The Morgan fingerprint density at radius 3 is 2.74 bits per heavy atom. The van der Waals surface area contributed by atoms with Crippen molar-refractivity contribution < 1.29 is 9.53 Å². The summed E-state index contributed by atoms with van der Waals surface area (Å²) in [4.78, 5) is 27.3. The third-order valence-corrected chi connectivity index (χ3v) is 4.71. The van der Waals surface area contributed by atoms with Crippen LogP contribution >= 0.6 is 0 Å². The van der Waals surface area contributed by atoms with E-state index < -0.39 is 0 Å². The Bertz CT molecular complexity index is 975. The molecule has 0 fully saturated rings.